The van der Waals surface area contributed by atoms with Crippen LogP contribution in [-0.2, 0) is 4.79 Å². The van der Waals surface area contributed by atoms with E-state index in [-0.39, 0.29) is 0 Å². The number of hydrogen-bond donors (Lipinski definition) is 1. The number of nitrogens with two attached hydrogens (primary N) is 1. The molecule has 4 heteroatoms. The monoisotopic (exact) mass is 183 g/mol. The van der Waals surface area contributed by atoms with Gasteiger partial charge in [0.25, 0.3) is 0 Å². The Kier molecular flexibility index (Phi) is 2.26. The second-order valence-corrected chi connectivity index (χ2v) is 3.99. The van der Waals surface area contributed by atoms with Gasteiger partial charge in [0.15, 0.2) is 0 Å². The van der Waals surface area contributed by atoms with Gasteiger partial charge in [-0.25, -0.2) is 5.01 Å². The Balaban J connectivity index is 2.10. The first-order valence-corrected chi connectivity index (χ1v) is 5.03. The summed E-state index contributed by atoms with van der Waals surface area (Å²) in [6.07, 6.45) is 2.88. The molecule has 0 aromatic rings. The van der Waals surface area contributed by atoms with Crippen molar-refractivity contribution in [2.24, 2.45) is 5.84 Å². The van der Waals surface area contributed by atoms with Crippen LogP contribution in [0.25, 0.3) is 0 Å². The van der Waals surface area contributed by atoms with E-state index in [1.807, 2.05) is 11.9 Å². The number of piperazine rings is 1. The van der Waals surface area contributed by atoms with Crippen molar-refractivity contribution in [3.8, 4) is 0 Å². The zero-order chi connectivity index (χ0) is 9.42. The first-order chi connectivity index (χ1) is 6.22. The summed E-state index contributed by atoms with van der Waals surface area (Å²) in [5, 5.41) is 1.85. The third-order valence-corrected chi connectivity index (χ3v) is 3.10. The number of hydrazine groups is 1. The SMILES string of the molecule is CCC(=O)N1C2CCC1CN(N)C2. The summed E-state index contributed by atoms with van der Waals surface area (Å²) in [7, 11) is 0. The summed E-state index contributed by atoms with van der Waals surface area (Å²) in [4.78, 5) is 13.7. The Labute approximate surface area is 78.6 Å². The van der Waals surface area contributed by atoms with E-state index in [9.17, 15) is 4.79 Å². The average Bonchev–Trinajstić information content (AvgIpc) is 2.37. The third-order valence-electron chi connectivity index (χ3n) is 3.10. The van der Waals surface area contributed by atoms with Gasteiger partial charge < -0.3 is 4.90 Å². The summed E-state index contributed by atoms with van der Waals surface area (Å²) in [6.45, 7) is 3.63. The van der Waals surface area contributed by atoms with E-state index in [1.54, 1.807) is 0 Å². The quantitative estimate of drug-likeness (QED) is 0.580. The average molecular weight is 183 g/mol. The molecule has 0 aliphatic carbocycles. The van der Waals surface area contributed by atoms with E-state index in [0.29, 0.717) is 24.4 Å². The predicted molar refractivity (Wildman–Crippen MR) is 49.7 cm³/mol. The molecule has 4 nitrogen and oxygen atoms in total. The van der Waals surface area contributed by atoms with Crippen molar-refractivity contribution < 1.29 is 4.79 Å². The van der Waals surface area contributed by atoms with Crippen LogP contribution in [0.1, 0.15) is 26.2 Å². The highest BCUT2D eigenvalue weighted by molar-refractivity contribution is 5.77. The van der Waals surface area contributed by atoms with E-state index in [1.165, 1.54) is 0 Å². The van der Waals surface area contributed by atoms with Crippen LogP contribution in [0.4, 0.5) is 0 Å². The Morgan fingerprint density at radius 1 is 1.38 bits per heavy atom. The second kappa shape index (κ2) is 3.27. The molecule has 2 heterocycles. The molecule has 0 spiro atoms. The summed E-state index contributed by atoms with van der Waals surface area (Å²) in [5.74, 6) is 6.05. The van der Waals surface area contributed by atoms with Gasteiger partial charge in [0.2, 0.25) is 5.91 Å². The van der Waals surface area contributed by atoms with Crippen LogP contribution in [-0.4, -0.2) is 41.0 Å². The lowest BCUT2D eigenvalue weighted by atomic mass is 10.2. The molecule has 2 aliphatic rings. The van der Waals surface area contributed by atoms with Crippen LogP contribution in [0, 0.1) is 0 Å². The maximum atomic E-state index is 11.6. The first kappa shape index (κ1) is 8.97. The summed E-state index contributed by atoms with van der Waals surface area (Å²) < 4.78 is 0. The number of amides is 1. The van der Waals surface area contributed by atoms with Crippen molar-refractivity contribution in [3.05, 3.63) is 0 Å². The van der Waals surface area contributed by atoms with Gasteiger partial charge in [-0.2, -0.15) is 0 Å². The van der Waals surface area contributed by atoms with Crippen LogP contribution in [0.3, 0.4) is 0 Å². The molecule has 2 fully saturated rings. The predicted octanol–water partition coefficient (Wildman–Crippen LogP) is -0.0547. The molecule has 2 unspecified atom stereocenters. The highest BCUT2D eigenvalue weighted by Crippen LogP contribution is 2.29. The smallest absolute Gasteiger partial charge is 0.222 e. The highest BCUT2D eigenvalue weighted by atomic mass is 16.2. The molecule has 13 heavy (non-hydrogen) atoms. The molecule has 74 valence electrons. The van der Waals surface area contributed by atoms with E-state index in [4.69, 9.17) is 5.84 Å². The second-order valence-electron chi connectivity index (χ2n) is 3.99. The number of carbonyl (C=O) groups is 1. The minimum absolute atomic E-state index is 0.292. The van der Waals surface area contributed by atoms with Crippen LogP contribution < -0.4 is 5.84 Å². The van der Waals surface area contributed by atoms with Crippen molar-refractivity contribution in [1.29, 1.82) is 0 Å². The molecule has 1 amide bonds. The summed E-state index contributed by atoms with van der Waals surface area (Å²) in [5.41, 5.74) is 0. The molecule has 2 atom stereocenters. The minimum atomic E-state index is 0.292. The standard InChI is InChI=1S/C9H17N3O/c1-2-9(13)12-7-3-4-8(12)6-11(10)5-7/h7-8H,2-6,10H2,1H3. The largest absolute Gasteiger partial charge is 0.334 e. The Bertz CT molecular complexity index is 205. The van der Waals surface area contributed by atoms with Gasteiger partial charge in [0, 0.05) is 31.6 Å². The molecular weight excluding hydrogens is 166 g/mol. The van der Waals surface area contributed by atoms with Crippen molar-refractivity contribution in [1.82, 2.24) is 9.91 Å². The Morgan fingerprint density at radius 2 is 1.92 bits per heavy atom. The van der Waals surface area contributed by atoms with E-state index in [2.05, 4.69) is 4.90 Å². The van der Waals surface area contributed by atoms with Gasteiger partial charge in [-0.05, 0) is 12.8 Å². The lowest BCUT2D eigenvalue weighted by molar-refractivity contribution is -0.136. The maximum Gasteiger partial charge on any atom is 0.222 e. The van der Waals surface area contributed by atoms with Crippen molar-refractivity contribution in [3.63, 3.8) is 0 Å². The van der Waals surface area contributed by atoms with Crippen molar-refractivity contribution in [2.75, 3.05) is 13.1 Å². The zero-order valence-corrected chi connectivity index (χ0v) is 8.07. The fourth-order valence-electron chi connectivity index (χ4n) is 2.53. The molecule has 0 saturated carbocycles. The molecule has 2 bridgehead atoms. The lowest BCUT2D eigenvalue weighted by Gasteiger charge is -2.39. The Morgan fingerprint density at radius 3 is 2.38 bits per heavy atom. The topological polar surface area (TPSA) is 49.6 Å². The molecule has 2 rings (SSSR count). The van der Waals surface area contributed by atoms with E-state index < -0.39 is 0 Å². The zero-order valence-electron chi connectivity index (χ0n) is 8.07. The van der Waals surface area contributed by atoms with Gasteiger partial charge in [-0.1, -0.05) is 6.92 Å². The fourth-order valence-corrected chi connectivity index (χ4v) is 2.53. The molecule has 2 aliphatic heterocycles. The van der Waals surface area contributed by atoms with E-state index >= 15 is 0 Å². The molecule has 0 radical (unpaired) electrons. The lowest BCUT2D eigenvalue weighted by Crippen LogP contribution is -2.57. The fraction of sp³-hybridized carbons (Fsp3) is 0.889. The number of fused-ring (bicyclic) bond motifs is 2. The maximum absolute atomic E-state index is 11.6. The van der Waals surface area contributed by atoms with Gasteiger partial charge in [-0.3, -0.25) is 10.6 Å². The van der Waals surface area contributed by atoms with Gasteiger partial charge >= 0.3 is 0 Å². The van der Waals surface area contributed by atoms with Gasteiger partial charge in [0.05, 0.1) is 0 Å². The van der Waals surface area contributed by atoms with Gasteiger partial charge in [-0.15, -0.1) is 0 Å². The molecule has 2 saturated heterocycles. The molecule has 0 aromatic heterocycles. The Hall–Kier alpha value is -0.610. The van der Waals surface area contributed by atoms with Crippen LogP contribution in [0.15, 0.2) is 0 Å². The number of rotatable bonds is 1. The van der Waals surface area contributed by atoms with Crippen LogP contribution in [0.2, 0.25) is 0 Å². The van der Waals surface area contributed by atoms with Crippen LogP contribution in [0.5, 0.6) is 0 Å². The minimum Gasteiger partial charge on any atom is -0.334 e. The number of carbonyl (C=O) groups excluding carboxylic acids is 1. The first-order valence-electron chi connectivity index (χ1n) is 5.03. The molecule has 0 aromatic carbocycles. The van der Waals surface area contributed by atoms with Gasteiger partial charge in [0.1, 0.15) is 0 Å². The highest BCUT2D eigenvalue weighted by Gasteiger charge is 2.40. The molecule has 2 N–H and O–H groups in total. The summed E-state index contributed by atoms with van der Waals surface area (Å²) in [6, 6.07) is 0.771. The third kappa shape index (κ3) is 1.44. The summed E-state index contributed by atoms with van der Waals surface area (Å²) >= 11 is 0. The number of hydrogen-bond acceptors (Lipinski definition) is 3. The van der Waals surface area contributed by atoms with E-state index in [0.717, 1.165) is 25.9 Å². The van der Waals surface area contributed by atoms with Crippen molar-refractivity contribution >= 4 is 5.91 Å². The normalized spacial score (nSPS) is 33.8. The number of nitrogens with zero attached hydrogens (tertiary/aromatic N) is 2. The van der Waals surface area contributed by atoms with Crippen LogP contribution >= 0.6 is 0 Å². The van der Waals surface area contributed by atoms with Crippen molar-refractivity contribution in [2.45, 2.75) is 38.3 Å². The molecular formula is C9H17N3O.